The second kappa shape index (κ2) is 5.43. The van der Waals surface area contributed by atoms with Crippen molar-refractivity contribution in [3.8, 4) is 0 Å². The van der Waals surface area contributed by atoms with Gasteiger partial charge in [0.05, 0.1) is 6.54 Å². The van der Waals surface area contributed by atoms with Crippen LogP contribution in [0.25, 0.3) is 0 Å². The minimum Gasteiger partial charge on any atom is -0.384 e. The normalized spacial score (nSPS) is 10.2. The van der Waals surface area contributed by atoms with Crippen LogP contribution in [-0.4, -0.2) is 22.5 Å². The van der Waals surface area contributed by atoms with Crippen molar-refractivity contribution < 1.29 is 4.79 Å². The van der Waals surface area contributed by atoms with Crippen LogP contribution < -0.4 is 22.3 Å². The molecule has 1 amide bonds. The largest absolute Gasteiger partial charge is 0.384 e. The van der Waals surface area contributed by atoms with E-state index in [0.29, 0.717) is 0 Å². The van der Waals surface area contributed by atoms with Crippen LogP contribution in [0.3, 0.4) is 0 Å². The third-order valence-corrected chi connectivity index (χ3v) is 2.88. The number of nitrogens with zero attached hydrogens (tertiary/aromatic N) is 1. The van der Waals surface area contributed by atoms with Crippen LogP contribution in [0.15, 0.2) is 39.9 Å². The number of H-pyrrole nitrogens is 1. The Morgan fingerprint density at radius 2 is 1.95 bits per heavy atom. The van der Waals surface area contributed by atoms with Crippen LogP contribution in [0.4, 0.5) is 5.82 Å². The maximum Gasteiger partial charge on any atom is 0.330 e. The van der Waals surface area contributed by atoms with Crippen LogP contribution >= 0.6 is 0 Å². The highest BCUT2D eigenvalue weighted by molar-refractivity contribution is 5.97. The molecule has 0 aliphatic heterocycles. The highest BCUT2D eigenvalue weighted by Gasteiger charge is 2.18. The van der Waals surface area contributed by atoms with Crippen molar-refractivity contribution in [3.63, 3.8) is 0 Å². The van der Waals surface area contributed by atoms with Gasteiger partial charge in [0.1, 0.15) is 11.4 Å². The third kappa shape index (κ3) is 2.46. The number of nitrogen functional groups attached to an aromatic ring is 1. The molecule has 0 radical (unpaired) electrons. The molecule has 1 aromatic carbocycles. The lowest BCUT2D eigenvalue weighted by molar-refractivity contribution is 0.0961. The molecule has 1 heterocycles. The van der Waals surface area contributed by atoms with Crippen molar-refractivity contribution in [3.05, 3.63) is 62.3 Å². The van der Waals surface area contributed by atoms with E-state index in [1.807, 2.05) is 30.3 Å². The number of hydrogen-bond donors (Lipinski definition) is 3. The quantitative estimate of drug-likeness (QED) is 0.702. The van der Waals surface area contributed by atoms with Gasteiger partial charge < -0.3 is 11.1 Å². The van der Waals surface area contributed by atoms with Crippen LogP contribution in [-0.2, 0) is 6.54 Å². The first-order chi connectivity index (χ1) is 9.54. The Morgan fingerprint density at radius 3 is 2.55 bits per heavy atom. The molecule has 0 fully saturated rings. The number of carbonyl (C=O) groups is 1. The lowest BCUT2D eigenvalue weighted by Crippen LogP contribution is -2.38. The molecule has 0 saturated carbocycles. The van der Waals surface area contributed by atoms with Gasteiger partial charge in [-0.1, -0.05) is 30.3 Å². The van der Waals surface area contributed by atoms with Gasteiger partial charge in [-0.05, 0) is 5.56 Å². The van der Waals surface area contributed by atoms with Gasteiger partial charge in [-0.2, -0.15) is 0 Å². The Bertz CT molecular complexity index is 746. The van der Waals surface area contributed by atoms with Crippen molar-refractivity contribution in [1.82, 2.24) is 14.9 Å². The molecule has 0 saturated heterocycles. The van der Waals surface area contributed by atoms with Crippen LogP contribution in [0.1, 0.15) is 15.9 Å². The molecule has 0 atom stereocenters. The molecule has 20 heavy (non-hydrogen) atoms. The Labute approximate surface area is 114 Å². The Hall–Kier alpha value is -2.83. The number of nitrogens with one attached hydrogen (secondary N) is 2. The summed E-state index contributed by atoms with van der Waals surface area (Å²) in [6.45, 7) is 0.173. The molecule has 0 spiro atoms. The lowest BCUT2D eigenvalue weighted by atomic mass is 10.2. The van der Waals surface area contributed by atoms with E-state index in [4.69, 9.17) is 5.73 Å². The number of amides is 1. The zero-order chi connectivity index (χ0) is 14.7. The second-order valence-corrected chi connectivity index (χ2v) is 4.17. The zero-order valence-corrected chi connectivity index (χ0v) is 10.8. The molecule has 4 N–H and O–H groups in total. The molecular weight excluding hydrogens is 260 g/mol. The lowest BCUT2D eigenvalue weighted by Gasteiger charge is -2.11. The molecule has 2 rings (SSSR count). The van der Waals surface area contributed by atoms with Crippen molar-refractivity contribution in [2.24, 2.45) is 0 Å². The van der Waals surface area contributed by atoms with Gasteiger partial charge in [0.25, 0.3) is 11.5 Å². The smallest absolute Gasteiger partial charge is 0.330 e. The van der Waals surface area contributed by atoms with Gasteiger partial charge >= 0.3 is 5.69 Å². The summed E-state index contributed by atoms with van der Waals surface area (Å²) in [5.74, 6) is -0.785. The minimum absolute atomic E-state index is 0.151. The van der Waals surface area contributed by atoms with E-state index in [-0.39, 0.29) is 17.9 Å². The maximum atomic E-state index is 11.8. The molecule has 1 aromatic heterocycles. The summed E-state index contributed by atoms with van der Waals surface area (Å²) >= 11 is 0. The van der Waals surface area contributed by atoms with Gasteiger partial charge in [-0.15, -0.1) is 0 Å². The Kier molecular flexibility index (Phi) is 3.69. The fourth-order valence-electron chi connectivity index (χ4n) is 1.86. The number of aromatic amines is 1. The van der Waals surface area contributed by atoms with E-state index in [1.54, 1.807) is 0 Å². The van der Waals surface area contributed by atoms with Gasteiger partial charge in [0.2, 0.25) is 0 Å². The highest BCUT2D eigenvalue weighted by atomic mass is 16.2. The standard InChI is InChI=1S/C13H14N4O3/c1-15-11(18)9-10(14)17(13(20)16-12(9)19)7-8-5-3-2-4-6-8/h2-6H,7,14H2,1H3,(H,15,18)(H,16,19,20). The minimum atomic E-state index is -0.795. The molecule has 0 unspecified atom stereocenters. The summed E-state index contributed by atoms with van der Waals surface area (Å²) in [6, 6.07) is 9.12. The summed E-state index contributed by atoms with van der Waals surface area (Å²) < 4.78 is 1.15. The van der Waals surface area contributed by atoms with Gasteiger partial charge in [-0.25, -0.2) is 4.79 Å². The number of nitrogens with two attached hydrogens (primary N) is 1. The first-order valence-electron chi connectivity index (χ1n) is 5.93. The fourth-order valence-corrected chi connectivity index (χ4v) is 1.86. The number of anilines is 1. The van der Waals surface area contributed by atoms with Crippen LogP contribution in [0, 0.1) is 0 Å². The van der Waals surface area contributed by atoms with Crippen LogP contribution in [0.2, 0.25) is 0 Å². The summed E-state index contributed by atoms with van der Waals surface area (Å²) in [7, 11) is 1.38. The van der Waals surface area contributed by atoms with E-state index in [9.17, 15) is 14.4 Å². The topological polar surface area (TPSA) is 110 Å². The third-order valence-electron chi connectivity index (χ3n) is 2.88. The molecule has 7 nitrogen and oxygen atoms in total. The maximum absolute atomic E-state index is 11.8. The first-order valence-corrected chi connectivity index (χ1v) is 5.93. The summed E-state index contributed by atoms with van der Waals surface area (Å²) in [6.07, 6.45) is 0. The van der Waals surface area contributed by atoms with E-state index in [2.05, 4.69) is 10.3 Å². The summed E-state index contributed by atoms with van der Waals surface area (Å²) in [5.41, 5.74) is 4.92. The Balaban J connectivity index is 2.57. The second-order valence-electron chi connectivity index (χ2n) is 4.17. The van der Waals surface area contributed by atoms with Crippen molar-refractivity contribution in [2.45, 2.75) is 6.54 Å². The van der Waals surface area contributed by atoms with Crippen molar-refractivity contribution in [1.29, 1.82) is 0 Å². The van der Waals surface area contributed by atoms with E-state index < -0.39 is 17.2 Å². The van der Waals surface area contributed by atoms with Crippen LogP contribution in [0.5, 0.6) is 0 Å². The fraction of sp³-hybridized carbons (Fsp3) is 0.154. The highest BCUT2D eigenvalue weighted by Crippen LogP contribution is 2.07. The van der Waals surface area contributed by atoms with Gasteiger partial charge in [-0.3, -0.25) is 19.1 Å². The molecule has 0 aliphatic rings. The van der Waals surface area contributed by atoms with Gasteiger partial charge in [0, 0.05) is 7.05 Å². The summed E-state index contributed by atoms with van der Waals surface area (Å²) in [4.78, 5) is 37.2. The van der Waals surface area contributed by atoms with E-state index in [0.717, 1.165) is 10.1 Å². The zero-order valence-electron chi connectivity index (χ0n) is 10.8. The van der Waals surface area contributed by atoms with Crippen molar-refractivity contribution in [2.75, 3.05) is 12.8 Å². The number of benzene rings is 1. The number of aromatic nitrogens is 2. The molecule has 7 heteroatoms. The average molecular weight is 274 g/mol. The predicted molar refractivity (Wildman–Crippen MR) is 74.7 cm³/mol. The number of rotatable bonds is 3. The monoisotopic (exact) mass is 274 g/mol. The number of carbonyl (C=O) groups excluding carboxylic acids is 1. The molecule has 104 valence electrons. The van der Waals surface area contributed by atoms with Gasteiger partial charge in [0.15, 0.2) is 0 Å². The summed E-state index contributed by atoms with van der Waals surface area (Å²) in [5, 5.41) is 2.32. The molecule has 0 bridgehead atoms. The molecule has 0 aliphatic carbocycles. The molecule has 2 aromatic rings. The van der Waals surface area contributed by atoms with Crippen molar-refractivity contribution >= 4 is 11.7 Å². The number of hydrogen-bond acceptors (Lipinski definition) is 4. The Morgan fingerprint density at radius 1 is 1.30 bits per heavy atom. The average Bonchev–Trinajstić information content (AvgIpc) is 2.44. The SMILES string of the molecule is CNC(=O)c1c(N)n(Cc2ccccc2)c(=O)[nH]c1=O. The first kappa shape index (κ1) is 13.6. The predicted octanol–water partition coefficient (Wildman–Crippen LogP) is -0.473. The molecular formula is C13H14N4O3. The van der Waals surface area contributed by atoms with E-state index in [1.165, 1.54) is 7.05 Å². The van der Waals surface area contributed by atoms with E-state index >= 15 is 0 Å².